The largest absolute Gasteiger partial charge is 0.397 e. The molecule has 0 aliphatic carbocycles. The number of hydrogen-bond acceptors (Lipinski definition) is 3. The number of carbonyl (C=O) groups is 2. The van der Waals surface area contributed by atoms with Gasteiger partial charge >= 0.3 is 0 Å². The zero-order chi connectivity index (χ0) is 11.9. The Bertz CT molecular complexity index is 485. The average molecular weight is 346 g/mol. The minimum atomic E-state index is -0.353. The number of nitrogens with two attached hydrogens (primary N) is 1. The minimum absolute atomic E-state index is 0.353. The van der Waals surface area contributed by atoms with Gasteiger partial charge in [0.15, 0.2) is 0 Å². The van der Waals surface area contributed by atoms with E-state index in [2.05, 4.69) is 31.9 Å². The van der Waals surface area contributed by atoms with E-state index in [1.807, 2.05) is 0 Å². The average Bonchev–Trinajstić information content (AvgIpc) is 2.54. The number of hydrogen-bond donors (Lipinski definition) is 1. The van der Waals surface area contributed by atoms with Gasteiger partial charge in [0, 0.05) is 21.1 Å². The molecule has 0 bridgehead atoms. The van der Waals surface area contributed by atoms with Gasteiger partial charge in [-0.25, -0.2) is 4.90 Å². The van der Waals surface area contributed by atoms with E-state index in [0.29, 0.717) is 20.3 Å². The number of rotatable bonds is 1. The zero-order valence-corrected chi connectivity index (χ0v) is 11.1. The topological polar surface area (TPSA) is 63.4 Å². The van der Waals surface area contributed by atoms with Gasteiger partial charge in [-0.15, -0.1) is 0 Å². The van der Waals surface area contributed by atoms with Crippen molar-refractivity contribution in [3.05, 3.63) is 33.2 Å². The predicted molar refractivity (Wildman–Crippen MR) is 67.9 cm³/mol. The smallest absolute Gasteiger partial charge is 0.258 e. The maximum absolute atomic E-state index is 11.4. The summed E-state index contributed by atoms with van der Waals surface area (Å²) in [4.78, 5) is 24.0. The lowest BCUT2D eigenvalue weighted by molar-refractivity contribution is -0.119. The molecule has 1 aromatic carbocycles. The molecule has 0 spiro atoms. The van der Waals surface area contributed by atoms with Crippen molar-refractivity contribution < 1.29 is 9.59 Å². The lowest BCUT2D eigenvalue weighted by atomic mass is 10.2. The van der Waals surface area contributed by atoms with Crippen LogP contribution in [0.2, 0.25) is 0 Å². The van der Waals surface area contributed by atoms with Crippen molar-refractivity contribution in [2.24, 2.45) is 0 Å². The van der Waals surface area contributed by atoms with Crippen molar-refractivity contribution in [1.29, 1.82) is 0 Å². The number of anilines is 2. The monoisotopic (exact) mass is 344 g/mol. The van der Waals surface area contributed by atoms with E-state index in [-0.39, 0.29) is 11.8 Å². The van der Waals surface area contributed by atoms with E-state index in [0.717, 1.165) is 4.90 Å². The molecule has 0 unspecified atom stereocenters. The lowest BCUT2D eigenvalue weighted by Crippen LogP contribution is -2.29. The summed E-state index contributed by atoms with van der Waals surface area (Å²) in [6.07, 6.45) is 2.47. The molecule has 1 heterocycles. The van der Waals surface area contributed by atoms with Crippen LogP contribution in [0.5, 0.6) is 0 Å². The molecular weight excluding hydrogens is 340 g/mol. The molecule has 0 saturated heterocycles. The van der Waals surface area contributed by atoms with E-state index in [9.17, 15) is 9.59 Å². The molecular formula is C10H6Br2N2O2. The van der Waals surface area contributed by atoms with E-state index in [1.54, 1.807) is 12.1 Å². The SMILES string of the molecule is Nc1c(Br)cc(N2C(=O)C=CC2=O)cc1Br. The molecule has 2 N–H and O–H groups in total. The first kappa shape index (κ1) is 11.3. The van der Waals surface area contributed by atoms with Gasteiger partial charge in [-0.3, -0.25) is 9.59 Å². The van der Waals surface area contributed by atoms with Crippen LogP contribution in [0.1, 0.15) is 0 Å². The Hall–Kier alpha value is -1.14. The molecule has 0 fully saturated rings. The van der Waals surface area contributed by atoms with Gasteiger partial charge < -0.3 is 5.73 Å². The number of imide groups is 1. The van der Waals surface area contributed by atoms with Crippen LogP contribution in [0.25, 0.3) is 0 Å². The highest BCUT2D eigenvalue weighted by atomic mass is 79.9. The molecule has 6 heteroatoms. The van der Waals surface area contributed by atoms with Crippen LogP contribution in [-0.2, 0) is 9.59 Å². The normalized spacial score (nSPS) is 15.0. The summed E-state index contributed by atoms with van der Waals surface area (Å²) < 4.78 is 1.26. The van der Waals surface area contributed by atoms with Gasteiger partial charge in [0.2, 0.25) is 0 Å². The molecule has 2 rings (SSSR count). The fraction of sp³-hybridized carbons (Fsp3) is 0. The Morgan fingerprint density at radius 2 is 1.44 bits per heavy atom. The fourth-order valence-corrected chi connectivity index (χ4v) is 2.52. The van der Waals surface area contributed by atoms with Crippen LogP contribution in [0.15, 0.2) is 33.2 Å². The van der Waals surface area contributed by atoms with Crippen molar-refractivity contribution >= 4 is 55.0 Å². The van der Waals surface area contributed by atoms with E-state index < -0.39 is 0 Å². The highest BCUT2D eigenvalue weighted by Gasteiger charge is 2.25. The van der Waals surface area contributed by atoms with Gasteiger partial charge in [-0.05, 0) is 44.0 Å². The summed E-state index contributed by atoms with van der Waals surface area (Å²) >= 11 is 6.52. The molecule has 0 atom stereocenters. The van der Waals surface area contributed by atoms with Crippen molar-refractivity contribution in [3.63, 3.8) is 0 Å². The van der Waals surface area contributed by atoms with E-state index in [4.69, 9.17) is 5.73 Å². The third-order valence-corrected chi connectivity index (χ3v) is 3.44. The highest BCUT2D eigenvalue weighted by molar-refractivity contribution is 9.11. The zero-order valence-electron chi connectivity index (χ0n) is 7.91. The standard InChI is InChI=1S/C10H6Br2N2O2/c11-6-3-5(4-7(12)10(6)13)14-8(15)1-2-9(14)16/h1-4H,13H2. The molecule has 16 heavy (non-hydrogen) atoms. The maximum atomic E-state index is 11.4. The molecule has 82 valence electrons. The summed E-state index contributed by atoms with van der Waals surface area (Å²) in [5, 5.41) is 0. The second-order valence-corrected chi connectivity index (χ2v) is 4.88. The molecule has 2 amide bonds. The lowest BCUT2D eigenvalue weighted by Gasteiger charge is -2.15. The Balaban J connectivity index is 2.50. The first-order chi connectivity index (χ1) is 7.50. The number of nitrogen functional groups attached to an aromatic ring is 1. The van der Waals surface area contributed by atoms with Gasteiger partial charge in [-0.1, -0.05) is 0 Å². The van der Waals surface area contributed by atoms with Crippen LogP contribution in [0, 0.1) is 0 Å². The Morgan fingerprint density at radius 3 is 1.88 bits per heavy atom. The minimum Gasteiger partial charge on any atom is -0.397 e. The van der Waals surface area contributed by atoms with Crippen LogP contribution >= 0.6 is 31.9 Å². The summed E-state index contributed by atoms with van der Waals surface area (Å²) in [5.74, 6) is -0.706. The Labute approximate surface area is 108 Å². The van der Waals surface area contributed by atoms with Crippen LogP contribution in [0.3, 0.4) is 0 Å². The van der Waals surface area contributed by atoms with Gasteiger partial charge in [0.25, 0.3) is 11.8 Å². The van der Waals surface area contributed by atoms with Crippen molar-refractivity contribution in [1.82, 2.24) is 0 Å². The predicted octanol–water partition coefficient (Wildman–Crippen LogP) is 2.22. The second kappa shape index (κ2) is 4.03. The molecule has 0 aromatic heterocycles. The maximum Gasteiger partial charge on any atom is 0.258 e. The Kier molecular flexibility index (Phi) is 2.86. The van der Waals surface area contributed by atoms with Gasteiger partial charge in [0.1, 0.15) is 0 Å². The van der Waals surface area contributed by atoms with Gasteiger partial charge in [0.05, 0.1) is 11.4 Å². The van der Waals surface area contributed by atoms with Gasteiger partial charge in [-0.2, -0.15) is 0 Å². The van der Waals surface area contributed by atoms with E-state index in [1.165, 1.54) is 12.2 Å². The number of nitrogens with zero attached hydrogens (tertiary/aromatic N) is 1. The quantitative estimate of drug-likeness (QED) is 0.627. The molecule has 4 nitrogen and oxygen atoms in total. The van der Waals surface area contributed by atoms with Crippen molar-refractivity contribution in [3.8, 4) is 0 Å². The van der Waals surface area contributed by atoms with Crippen LogP contribution in [-0.4, -0.2) is 11.8 Å². The van der Waals surface area contributed by atoms with Crippen LogP contribution in [0.4, 0.5) is 11.4 Å². The van der Waals surface area contributed by atoms with Crippen molar-refractivity contribution in [2.75, 3.05) is 10.6 Å². The summed E-state index contributed by atoms with van der Waals surface area (Å²) in [6, 6.07) is 3.26. The third kappa shape index (κ3) is 1.78. The number of benzene rings is 1. The first-order valence-corrected chi connectivity index (χ1v) is 5.90. The number of carbonyl (C=O) groups excluding carboxylic acids is 2. The number of amides is 2. The van der Waals surface area contributed by atoms with E-state index >= 15 is 0 Å². The number of halogens is 2. The summed E-state index contributed by atoms with van der Waals surface area (Å²) in [5.41, 5.74) is 6.72. The van der Waals surface area contributed by atoms with Crippen molar-refractivity contribution in [2.45, 2.75) is 0 Å². The second-order valence-electron chi connectivity index (χ2n) is 3.17. The first-order valence-electron chi connectivity index (χ1n) is 4.31. The Morgan fingerprint density at radius 1 is 1.00 bits per heavy atom. The summed E-state index contributed by atoms with van der Waals surface area (Å²) in [7, 11) is 0. The third-order valence-electron chi connectivity index (χ3n) is 2.13. The fourth-order valence-electron chi connectivity index (χ4n) is 1.35. The molecule has 1 aliphatic rings. The highest BCUT2D eigenvalue weighted by Crippen LogP contribution is 2.34. The van der Waals surface area contributed by atoms with Crippen LogP contribution < -0.4 is 10.6 Å². The molecule has 1 aliphatic heterocycles. The molecule has 1 aromatic rings. The summed E-state index contributed by atoms with van der Waals surface area (Å²) in [6.45, 7) is 0. The molecule has 0 saturated carbocycles. The molecule has 0 radical (unpaired) electrons.